The first-order chi connectivity index (χ1) is 11.5. The summed E-state index contributed by atoms with van der Waals surface area (Å²) in [6.45, 7) is 1.91. The van der Waals surface area contributed by atoms with Crippen LogP contribution in [0.25, 0.3) is 0 Å². The molecular weight excluding hydrogens is 306 g/mol. The molecule has 1 fully saturated rings. The molecule has 1 aliphatic carbocycles. The maximum atomic E-state index is 12.1. The zero-order valence-corrected chi connectivity index (χ0v) is 13.7. The van der Waals surface area contributed by atoms with Crippen LogP contribution in [0.15, 0.2) is 29.4 Å². The van der Waals surface area contributed by atoms with E-state index in [1.54, 1.807) is 0 Å². The SMILES string of the molecule is CC1C(=O)CCC1CC(=O)Nc1ccc(C2=NNC(=O)CC2)cc1. The number of carbonyl (C=O) groups excluding carboxylic acids is 3. The summed E-state index contributed by atoms with van der Waals surface area (Å²) >= 11 is 0. The largest absolute Gasteiger partial charge is 0.326 e. The van der Waals surface area contributed by atoms with Crippen molar-refractivity contribution in [3.05, 3.63) is 29.8 Å². The minimum atomic E-state index is -0.0674. The van der Waals surface area contributed by atoms with Gasteiger partial charge in [-0.05, 0) is 30.0 Å². The third-order valence-corrected chi connectivity index (χ3v) is 4.83. The van der Waals surface area contributed by atoms with Crippen LogP contribution in [0.1, 0.15) is 44.6 Å². The summed E-state index contributed by atoms with van der Waals surface area (Å²) in [6, 6.07) is 7.42. The van der Waals surface area contributed by atoms with Crippen LogP contribution in [-0.2, 0) is 14.4 Å². The molecule has 6 heteroatoms. The summed E-state index contributed by atoms with van der Waals surface area (Å²) in [7, 11) is 0. The topological polar surface area (TPSA) is 87.6 Å². The van der Waals surface area contributed by atoms with Crippen molar-refractivity contribution >= 4 is 29.0 Å². The van der Waals surface area contributed by atoms with Gasteiger partial charge in [0.2, 0.25) is 11.8 Å². The van der Waals surface area contributed by atoms with Crippen molar-refractivity contribution in [2.75, 3.05) is 5.32 Å². The van der Waals surface area contributed by atoms with Gasteiger partial charge >= 0.3 is 0 Å². The van der Waals surface area contributed by atoms with E-state index in [0.717, 1.165) is 23.4 Å². The number of Topliss-reactive ketones (excluding diaryl/α,β-unsaturated/α-hetero) is 1. The summed E-state index contributed by atoms with van der Waals surface area (Å²) in [6.07, 6.45) is 2.83. The van der Waals surface area contributed by atoms with Crippen LogP contribution < -0.4 is 10.7 Å². The lowest BCUT2D eigenvalue weighted by Gasteiger charge is -2.14. The lowest BCUT2D eigenvalue weighted by molar-refractivity contribution is -0.122. The number of carbonyl (C=O) groups is 3. The fraction of sp³-hybridized carbons (Fsp3) is 0.444. The number of ketones is 1. The Labute approximate surface area is 140 Å². The molecule has 0 saturated heterocycles. The highest BCUT2D eigenvalue weighted by Gasteiger charge is 2.32. The van der Waals surface area contributed by atoms with Crippen molar-refractivity contribution in [3.8, 4) is 0 Å². The molecule has 0 aromatic heterocycles. The third kappa shape index (κ3) is 3.69. The molecule has 0 bridgehead atoms. The van der Waals surface area contributed by atoms with Gasteiger partial charge in [-0.3, -0.25) is 14.4 Å². The summed E-state index contributed by atoms with van der Waals surface area (Å²) in [4.78, 5) is 34.8. The molecule has 24 heavy (non-hydrogen) atoms. The van der Waals surface area contributed by atoms with Gasteiger partial charge in [-0.25, -0.2) is 5.43 Å². The van der Waals surface area contributed by atoms with Crippen molar-refractivity contribution in [2.24, 2.45) is 16.9 Å². The Bertz CT molecular complexity index is 694. The Hall–Kier alpha value is -2.50. The number of rotatable bonds is 4. The molecular formula is C18H21N3O3. The van der Waals surface area contributed by atoms with Crippen LogP contribution >= 0.6 is 0 Å². The molecule has 1 saturated carbocycles. The molecule has 2 unspecified atom stereocenters. The van der Waals surface area contributed by atoms with Gasteiger partial charge in [0.05, 0.1) is 5.71 Å². The van der Waals surface area contributed by atoms with E-state index in [1.165, 1.54) is 0 Å². The van der Waals surface area contributed by atoms with Gasteiger partial charge in [0, 0.05) is 37.3 Å². The first-order valence-corrected chi connectivity index (χ1v) is 8.31. The van der Waals surface area contributed by atoms with Crippen LogP contribution in [0.5, 0.6) is 0 Å². The molecule has 2 N–H and O–H groups in total. The van der Waals surface area contributed by atoms with Crippen LogP contribution in [-0.4, -0.2) is 23.3 Å². The summed E-state index contributed by atoms with van der Waals surface area (Å²) < 4.78 is 0. The second kappa shape index (κ2) is 6.95. The number of hydrazone groups is 1. The fourth-order valence-corrected chi connectivity index (χ4v) is 3.23. The van der Waals surface area contributed by atoms with Gasteiger partial charge in [0.1, 0.15) is 5.78 Å². The van der Waals surface area contributed by atoms with Gasteiger partial charge in [0.25, 0.3) is 0 Å². The van der Waals surface area contributed by atoms with Crippen LogP contribution in [0, 0.1) is 11.8 Å². The van der Waals surface area contributed by atoms with E-state index in [9.17, 15) is 14.4 Å². The Morgan fingerprint density at radius 1 is 1.21 bits per heavy atom. The molecule has 3 rings (SSSR count). The highest BCUT2D eigenvalue weighted by molar-refractivity contribution is 6.04. The molecule has 2 aliphatic rings. The van der Waals surface area contributed by atoms with Crippen LogP contribution in [0.3, 0.4) is 0 Å². The van der Waals surface area contributed by atoms with E-state index in [-0.39, 0.29) is 29.4 Å². The summed E-state index contributed by atoms with van der Waals surface area (Å²) in [5, 5.41) is 6.93. The number of amides is 2. The maximum Gasteiger partial charge on any atom is 0.240 e. The predicted octanol–water partition coefficient (Wildman–Crippen LogP) is 2.24. The smallest absolute Gasteiger partial charge is 0.240 e. The van der Waals surface area contributed by atoms with Crippen molar-refractivity contribution in [1.82, 2.24) is 5.43 Å². The zero-order chi connectivity index (χ0) is 17.1. The fourth-order valence-electron chi connectivity index (χ4n) is 3.23. The number of benzene rings is 1. The van der Waals surface area contributed by atoms with Crippen LogP contribution in [0.2, 0.25) is 0 Å². The standard InChI is InChI=1S/C18H21N3O3/c1-11-13(4-8-16(11)22)10-18(24)19-14-5-2-12(3-6-14)15-7-9-17(23)21-20-15/h2-3,5-6,11,13H,4,7-10H2,1H3,(H,19,24)(H,21,23). The van der Waals surface area contributed by atoms with Crippen molar-refractivity contribution < 1.29 is 14.4 Å². The Balaban J connectivity index is 1.57. The average Bonchev–Trinajstić information content (AvgIpc) is 2.88. The molecule has 2 atom stereocenters. The zero-order valence-electron chi connectivity index (χ0n) is 13.7. The molecule has 0 spiro atoms. The summed E-state index contributed by atoms with van der Waals surface area (Å²) in [5.41, 5.74) is 4.97. The van der Waals surface area contributed by atoms with E-state index < -0.39 is 0 Å². The highest BCUT2D eigenvalue weighted by Crippen LogP contribution is 2.31. The third-order valence-electron chi connectivity index (χ3n) is 4.83. The maximum absolute atomic E-state index is 12.1. The first-order valence-electron chi connectivity index (χ1n) is 8.31. The molecule has 1 aromatic carbocycles. The number of hydrogen-bond donors (Lipinski definition) is 2. The molecule has 126 valence electrons. The Kier molecular flexibility index (Phi) is 4.74. The van der Waals surface area contributed by atoms with Gasteiger partial charge in [-0.1, -0.05) is 19.1 Å². The minimum absolute atomic E-state index is 0.0161. The van der Waals surface area contributed by atoms with Crippen molar-refractivity contribution in [3.63, 3.8) is 0 Å². The van der Waals surface area contributed by atoms with E-state index in [4.69, 9.17) is 0 Å². The lowest BCUT2D eigenvalue weighted by Crippen LogP contribution is -2.25. The van der Waals surface area contributed by atoms with E-state index in [0.29, 0.717) is 25.7 Å². The highest BCUT2D eigenvalue weighted by atomic mass is 16.2. The first kappa shape index (κ1) is 16.4. The quantitative estimate of drug-likeness (QED) is 0.889. The van der Waals surface area contributed by atoms with Gasteiger partial charge < -0.3 is 5.32 Å². The van der Waals surface area contributed by atoms with Gasteiger partial charge in [-0.2, -0.15) is 5.10 Å². The molecule has 2 amide bonds. The second-order valence-electron chi connectivity index (χ2n) is 6.48. The van der Waals surface area contributed by atoms with E-state index in [2.05, 4.69) is 15.8 Å². The molecule has 1 heterocycles. The molecule has 6 nitrogen and oxygen atoms in total. The number of anilines is 1. The van der Waals surface area contributed by atoms with Gasteiger partial charge in [-0.15, -0.1) is 0 Å². The average molecular weight is 327 g/mol. The summed E-state index contributed by atoms with van der Waals surface area (Å²) in [5.74, 6) is 0.269. The number of nitrogens with one attached hydrogen (secondary N) is 2. The lowest BCUT2D eigenvalue weighted by atomic mass is 9.94. The Morgan fingerprint density at radius 3 is 2.54 bits per heavy atom. The Morgan fingerprint density at radius 2 is 1.96 bits per heavy atom. The van der Waals surface area contributed by atoms with E-state index in [1.807, 2.05) is 31.2 Å². The second-order valence-corrected chi connectivity index (χ2v) is 6.48. The molecule has 1 aliphatic heterocycles. The molecule has 1 aromatic rings. The molecule has 0 radical (unpaired) electrons. The van der Waals surface area contributed by atoms with Crippen molar-refractivity contribution in [1.29, 1.82) is 0 Å². The van der Waals surface area contributed by atoms with E-state index >= 15 is 0 Å². The van der Waals surface area contributed by atoms with Gasteiger partial charge in [0.15, 0.2) is 0 Å². The predicted molar refractivity (Wildman–Crippen MR) is 90.5 cm³/mol. The number of nitrogens with zero attached hydrogens (tertiary/aromatic N) is 1. The minimum Gasteiger partial charge on any atom is -0.326 e. The van der Waals surface area contributed by atoms with Crippen LogP contribution in [0.4, 0.5) is 5.69 Å². The van der Waals surface area contributed by atoms with Crippen molar-refractivity contribution in [2.45, 2.75) is 39.0 Å². The monoisotopic (exact) mass is 327 g/mol. The normalized spacial score (nSPS) is 23.6. The number of hydrogen-bond acceptors (Lipinski definition) is 4.